The summed E-state index contributed by atoms with van der Waals surface area (Å²) in [5.41, 5.74) is 3.04. The SMILES string of the molecule is CCCNC(C)c1cccc(-c2nccnc2OC)c1. The molecular weight excluding hydrogens is 250 g/mol. The number of nitrogens with one attached hydrogen (secondary N) is 1. The Labute approximate surface area is 120 Å². The topological polar surface area (TPSA) is 47.0 Å². The third kappa shape index (κ3) is 3.33. The van der Waals surface area contributed by atoms with Crippen molar-refractivity contribution < 1.29 is 4.74 Å². The highest BCUT2D eigenvalue weighted by molar-refractivity contribution is 5.64. The molecule has 20 heavy (non-hydrogen) atoms. The zero-order chi connectivity index (χ0) is 14.4. The van der Waals surface area contributed by atoms with E-state index in [2.05, 4.69) is 41.3 Å². The van der Waals surface area contributed by atoms with Crippen molar-refractivity contribution in [3.8, 4) is 17.1 Å². The number of rotatable bonds is 6. The highest BCUT2D eigenvalue weighted by Crippen LogP contribution is 2.27. The maximum absolute atomic E-state index is 5.28. The molecule has 0 radical (unpaired) electrons. The van der Waals surface area contributed by atoms with Crippen LogP contribution >= 0.6 is 0 Å². The Balaban J connectivity index is 2.29. The Bertz CT molecular complexity index is 557. The van der Waals surface area contributed by atoms with E-state index in [1.165, 1.54) is 5.56 Å². The number of benzene rings is 1. The minimum absolute atomic E-state index is 0.317. The van der Waals surface area contributed by atoms with Crippen molar-refractivity contribution in [2.75, 3.05) is 13.7 Å². The predicted octanol–water partition coefficient (Wildman–Crippen LogP) is 3.21. The van der Waals surface area contributed by atoms with E-state index in [-0.39, 0.29) is 0 Å². The van der Waals surface area contributed by atoms with Crippen LogP contribution < -0.4 is 10.1 Å². The lowest BCUT2D eigenvalue weighted by Crippen LogP contribution is -2.19. The van der Waals surface area contributed by atoms with Crippen LogP contribution in [0.15, 0.2) is 36.7 Å². The quantitative estimate of drug-likeness (QED) is 0.876. The van der Waals surface area contributed by atoms with Gasteiger partial charge in [0.15, 0.2) is 0 Å². The molecule has 2 aromatic rings. The standard InChI is InChI=1S/C16H21N3O/c1-4-8-17-12(2)13-6-5-7-14(11-13)15-16(20-3)19-10-9-18-15/h5-7,9-12,17H,4,8H2,1-3H3. The molecule has 0 amide bonds. The molecule has 0 saturated heterocycles. The Morgan fingerprint density at radius 1 is 1.25 bits per heavy atom. The maximum atomic E-state index is 5.28. The molecule has 1 unspecified atom stereocenters. The second-order valence-corrected chi connectivity index (χ2v) is 4.72. The smallest absolute Gasteiger partial charge is 0.240 e. The van der Waals surface area contributed by atoms with Crippen LogP contribution in [0, 0.1) is 0 Å². The monoisotopic (exact) mass is 271 g/mol. The van der Waals surface area contributed by atoms with Crippen LogP contribution in [0.25, 0.3) is 11.3 Å². The summed E-state index contributed by atoms with van der Waals surface area (Å²) in [5.74, 6) is 0.554. The average Bonchev–Trinajstić information content (AvgIpc) is 2.52. The largest absolute Gasteiger partial charge is 0.479 e. The van der Waals surface area contributed by atoms with Gasteiger partial charge in [0.05, 0.1) is 7.11 Å². The molecular formula is C16H21N3O. The van der Waals surface area contributed by atoms with Gasteiger partial charge in [-0.2, -0.15) is 0 Å². The molecule has 0 saturated carbocycles. The molecule has 106 valence electrons. The van der Waals surface area contributed by atoms with Crippen molar-refractivity contribution in [2.24, 2.45) is 0 Å². The van der Waals surface area contributed by atoms with Gasteiger partial charge in [-0.05, 0) is 31.5 Å². The van der Waals surface area contributed by atoms with Gasteiger partial charge in [0.2, 0.25) is 5.88 Å². The lowest BCUT2D eigenvalue weighted by molar-refractivity contribution is 0.398. The minimum Gasteiger partial charge on any atom is -0.479 e. The van der Waals surface area contributed by atoms with Gasteiger partial charge in [0.25, 0.3) is 0 Å². The number of ether oxygens (including phenoxy) is 1. The molecule has 1 heterocycles. The molecule has 0 aliphatic heterocycles. The van der Waals surface area contributed by atoms with E-state index in [0.717, 1.165) is 24.2 Å². The Morgan fingerprint density at radius 3 is 2.80 bits per heavy atom. The Hall–Kier alpha value is -1.94. The average molecular weight is 271 g/mol. The summed E-state index contributed by atoms with van der Waals surface area (Å²) in [5, 5.41) is 3.49. The van der Waals surface area contributed by atoms with Crippen LogP contribution in [0.3, 0.4) is 0 Å². The number of aromatic nitrogens is 2. The third-order valence-corrected chi connectivity index (χ3v) is 3.22. The molecule has 4 heteroatoms. The van der Waals surface area contributed by atoms with Crippen LogP contribution in [-0.2, 0) is 0 Å². The van der Waals surface area contributed by atoms with Crippen molar-refractivity contribution >= 4 is 0 Å². The van der Waals surface area contributed by atoms with Gasteiger partial charge in [0.1, 0.15) is 5.69 Å². The molecule has 1 aromatic heterocycles. The van der Waals surface area contributed by atoms with E-state index >= 15 is 0 Å². The number of hydrogen-bond acceptors (Lipinski definition) is 4. The number of methoxy groups -OCH3 is 1. The van der Waals surface area contributed by atoms with Crippen molar-refractivity contribution in [3.63, 3.8) is 0 Å². The molecule has 1 aromatic carbocycles. The zero-order valence-corrected chi connectivity index (χ0v) is 12.3. The summed E-state index contributed by atoms with van der Waals surface area (Å²) in [6.45, 7) is 5.35. The highest BCUT2D eigenvalue weighted by atomic mass is 16.5. The van der Waals surface area contributed by atoms with Gasteiger partial charge in [-0.1, -0.05) is 25.1 Å². The molecule has 0 fully saturated rings. The predicted molar refractivity (Wildman–Crippen MR) is 80.7 cm³/mol. The van der Waals surface area contributed by atoms with E-state index in [9.17, 15) is 0 Å². The van der Waals surface area contributed by atoms with Crippen LogP contribution in [0.2, 0.25) is 0 Å². The van der Waals surface area contributed by atoms with Crippen molar-refractivity contribution in [3.05, 3.63) is 42.2 Å². The summed E-state index contributed by atoms with van der Waals surface area (Å²) in [6, 6.07) is 8.66. The van der Waals surface area contributed by atoms with Gasteiger partial charge >= 0.3 is 0 Å². The number of hydrogen-bond donors (Lipinski definition) is 1. The first-order valence-electron chi connectivity index (χ1n) is 6.95. The molecule has 2 rings (SSSR count). The van der Waals surface area contributed by atoms with Crippen molar-refractivity contribution in [1.29, 1.82) is 0 Å². The summed E-state index contributed by atoms with van der Waals surface area (Å²) in [6.07, 6.45) is 4.45. The van der Waals surface area contributed by atoms with Crippen LogP contribution in [0.4, 0.5) is 0 Å². The van der Waals surface area contributed by atoms with E-state index < -0.39 is 0 Å². The van der Waals surface area contributed by atoms with E-state index in [4.69, 9.17) is 4.74 Å². The number of nitrogens with zero attached hydrogens (tertiary/aromatic N) is 2. The van der Waals surface area contributed by atoms with Crippen LogP contribution in [0.5, 0.6) is 5.88 Å². The Kier molecular flexibility index (Phi) is 5.07. The molecule has 0 aliphatic carbocycles. The first-order valence-corrected chi connectivity index (χ1v) is 6.95. The normalized spacial score (nSPS) is 12.2. The first kappa shape index (κ1) is 14.5. The first-order chi connectivity index (χ1) is 9.76. The fourth-order valence-corrected chi connectivity index (χ4v) is 2.11. The molecule has 1 N–H and O–H groups in total. The zero-order valence-electron chi connectivity index (χ0n) is 12.3. The summed E-state index contributed by atoms with van der Waals surface area (Å²) >= 11 is 0. The molecule has 0 spiro atoms. The van der Waals surface area contributed by atoms with Gasteiger partial charge < -0.3 is 10.1 Å². The minimum atomic E-state index is 0.317. The van der Waals surface area contributed by atoms with Crippen molar-refractivity contribution in [1.82, 2.24) is 15.3 Å². The second-order valence-electron chi connectivity index (χ2n) is 4.72. The van der Waals surface area contributed by atoms with Crippen LogP contribution in [-0.4, -0.2) is 23.6 Å². The van der Waals surface area contributed by atoms with E-state index in [1.54, 1.807) is 19.5 Å². The van der Waals surface area contributed by atoms with Crippen molar-refractivity contribution in [2.45, 2.75) is 26.3 Å². The van der Waals surface area contributed by atoms with Gasteiger partial charge in [-0.3, -0.25) is 0 Å². The summed E-state index contributed by atoms with van der Waals surface area (Å²) in [4.78, 5) is 8.57. The summed E-state index contributed by atoms with van der Waals surface area (Å²) in [7, 11) is 1.61. The Morgan fingerprint density at radius 2 is 2.05 bits per heavy atom. The third-order valence-electron chi connectivity index (χ3n) is 3.22. The lowest BCUT2D eigenvalue weighted by Gasteiger charge is -2.15. The molecule has 1 atom stereocenters. The molecule has 0 aliphatic rings. The van der Waals surface area contributed by atoms with E-state index in [0.29, 0.717) is 11.9 Å². The van der Waals surface area contributed by atoms with Gasteiger partial charge in [-0.25, -0.2) is 9.97 Å². The molecule has 0 bridgehead atoms. The fourth-order valence-electron chi connectivity index (χ4n) is 2.11. The summed E-state index contributed by atoms with van der Waals surface area (Å²) < 4.78 is 5.28. The lowest BCUT2D eigenvalue weighted by atomic mass is 10.0. The van der Waals surface area contributed by atoms with Gasteiger partial charge in [-0.15, -0.1) is 0 Å². The van der Waals surface area contributed by atoms with Crippen LogP contribution in [0.1, 0.15) is 31.9 Å². The second kappa shape index (κ2) is 7.01. The maximum Gasteiger partial charge on any atom is 0.240 e. The van der Waals surface area contributed by atoms with E-state index in [1.807, 2.05) is 12.1 Å². The highest BCUT2D eigenvalue weighted by Gasteiger charge is 2.10. The van der Waals surface area contributed by atoms with Gasteiger partial charge in [0, 0.05) is 24.0 Å². The fraction of sp³-hybridized carbons (Fsp3) is 0.375. The molecule has 4 nitrogen and oxygen atoms in total.